The third kappa shape index (κ3) is 5.13. The molecular formula is C21H26O4. The van der Waals surface area contributed by atoms with Gasteiger partial charge in [0.15, 0.2) is 0 Å². The lowest BCUT2D eigenvalue weighted by molar-refractivity contribution is -0.164. The van der Waals surface area contributed by atoms with Crippen LogP contribution in [0.15, 0.2) is 60.7 Å². The van der Waals surface area contributed by atoms with Crippen LogP contribution in [-0.4, -0.2) is 36.6 Å². The van der Waals surface area contributed by atoms with Gasteiger partial charge in [0.25, 0.3) is 0 Å². The molecule has 0 amide bonds. The van der Waals surface area contributed by atoms with Crippen molar-refractivity contribution < 1.29 is 19.3 Å². The first-order valence-electron chi connectivity index (χ1n) is 8.78. The summed E-state index contributed by atoms with van der Waals surface area (Å²) in [5.41, 5.74) is 2.24. The number of hydrogen-bond acceptors (Lipinski definition) is 4. The number of methoxy groups -OCH3 is 1. The number of rotatable bonds is 7. The molecule has 2 aromatic rings. The first-order chi connectivity index (χ1) is 12.3. The number of ether oxygens (including phenoxy) is 3. The maximum absolute atomic E-state index is 10.5. The molecule has 4 heteroatoms. The first kappa shape index (κ1) is 18.1. The number of benzene rings is 2. The van der Waals surface area contributed by atoms with Crippen molar-refractivity contribution in [3.05, 3.63) is 71.8 Å². The number of aliphatic hydroxyl groups excluding tert-OH is 1. The van der Waals surface area contributed by atoms with Gasteiger partial charge in [-0.3, -0.25) is 0 Å². The van der Waals surface area contributed by atoms with Crippen LogP contribution in [0.25, 0.3) is 0 Å². The molecule has 0 unspecified atom stereocenters. The van der Waals surface area contributed by atoms with Crippen LogP contribution >= 0.6 is 0 Å². The van der Waals surface area contributed by atoms with Crippen molar-refractivity contribution in [2.75, 3.05) is 7.11 Å². The van der Waals surface area contributed by atoms with Crippen LogP contribution in [0.1, 0.15) is 24.0 Å². The fraction of sp³-hybridized carbons (Fsp3) is 0.429. The van der Waals surface area contributed by atoms with Crippen molar-refractivity contribution in [3.8, 4) is 0 Å². The lowest BCUT2D eigenvalue weighted by Crippen LogP contribution is -2.48. The maximum atomic E-state index is 10.5. The third-order valence-electron chi connectivity index (χ3n) is 4.69. The minimum absolute atomic E-state index is 0.00864. The molecule has 0 radical (unpaired) electrons. The highest BCUT2D eigenvalue weighted by molar-refractivity contribution is 5.14. The second-order valence-corrected chi connectivity index (χ2v) is 6.49. The second kappa shape index (κ2) is 9.11. The van der Waals surface area contributed by atoms with Gasteiger partial charge in [0, 0.05) is 20.0 Å². The van der Waals surface area contributed by atoms with E-state index in [1.165, 1.54) is 0 Å². The second-order valence-electron chi connectivity index (χ2n) is 6.49. The van der Waals surface area contributed by atoms with Crippen LogP contribution in [0.4, 0.5) is 0 Å². The average Bonchev–Trinajstić information content (AvgIpc) is 2.67. The van der Waals surface area contributed by atoms with Crippen LogP contribution in [-0.2, 0) is 27.4 Å². The van der Waals surface area contributed by atoms with E-state index in [0.717, 1.165) is 11.1 Å². The molecule has 4 nitrogen and oxygen atoms in total. The van der Waals surface area contributed by atoms with Crippen LogP contribution in [0.2, 0.25) is 0 Å². The zero-order valence-electron chi connectivity index (χ0n) is 14.6. The Hall–Kier alpha value is -1.72. The van der Waals surface area contributed by atoms with E-state index >= 15 is 0 Å². The number of hydrogen-bond donors (Lipinski definition) is 1. The van der Waals surface area contributed by atoms with Crippen LogP contribution in [0.3, 0.4) is 0 Å². The summed E-state index contributed by atoms with van der Waals surface area (Å²) >= 11 is 0. The molecule has 25 heavy (non-hydrogen) atoms. The monoisotopic (exact) mass is 342 g/mol. The van der Waals surface area contributed by atoms with Crippen molar-refractivity contribution in [3.63, 3.8) is 0 Å². The Balaban J connectivity index is 1.57. The van der Waals surface area contributed by atoms with Crippen LogP contribution in [0, 0.1) is 0 Å². The smallest absolute Gasteiger partial charge is 0.106 e. The van der Waals surface area contributed by atoms with Gasteiger partial charge in [-0.15, -0.1) is 0 Å². The van der Waals surface area contributed by atoms with Crippen molar-refractivity contribution in [2.45, 2.75) is 50.5 Å². The minimum atomic E-state index is -0.634. The third-order valence-corrected chi connectivity index (χ3v) is 4.69. The summed E-state index contributed by atoms with van der Waals surface area (Å²) in [5.74, 6) is 0. The normalized spacial score (nSPS) is 26.5. The van der Waals surface area contributed by atoms with Gasteiger partial charge in [-0.1, -0.05) is 60.7 Å². The molecule has 1 aliphatic rings. The standard InChI is InChI=1S/C21H26O4/c1-23-19-12-18(24-14-16-8-4-2-5-9-16)13-20(21(19)22)25-15-17-10-6-3-7-11-17/h2-11,18-22H,12-15H2,1H3/t18-,19+,20+,21-/m0/s1. The Morgan fingerprint density at radius 1 is 0.800 bits per heavy atom. The quantitative estimate of drug-likeness (QED) is 0.838. The largest absolute Gasteiger partial charge is 0.388 e. The summed E-state index contributed by atoms with van der Waals surface area (Å²) in [7, 11) is 1.63. The molecule has 0 heterocycles. The summed E-state index contributed by atoms with van der Waals surface area (Å²) < 4.78 is 17.5. The molecule has 0 aromatic heterocycles. The molecule has 134 valence electrons. The molecule has 1 aliphatic carbocycles. The molecule has 2 aromatic carbocycles. The van der Waals surface area contributed by atoms with Gasteiger partial charge in [0.1, 0.15) is 6.10 Å². The Labute approximate surface area is 149 Å². The van der Waals surface area contributed by atoms with Crippen LogP contribution < -0.4 is 0 Å². The molecule has 0 bridgehead atoms. The summed E-state index contributed by atoms with van der Waals surface area (Å²) in [6.45, 7) is 1.04. The molecule has 0 saturated heterocycles. The lowest BCUT2D eigenvalue weighted by atomic mass is 9.89. The molecule has 3 rings (SSSR count). The van der Waals surface area contributed by atoms with Crippen molar-refractivity contribution in [1.29, 1.82) is 0 Å². The van der Waals surface area contributed by atoms with E-state index in [9.17, 15) is 5.11 Å². The van der Waals surface area contributed by atoms with E-state index in [4.69, 9.17) is 14.2 Å². The zero-order chi connectivity index (χ0) is 17.5. The maximum Gasteiger partial charge on any atom is 0.106 e. The van der Waals surface area contributed by atoms with Crippen molar-refractivity contribution in [1.82, 2.24) is 0 Å². The fourth-order valence-corrected chi connectivity index (χ4v) is 3.24. The van der Waals surface area contributed by atoms with E-state index in [1.54, 1.807) is 7.11 Å². The summed E-state index contributed by atoms with van der Waals surface area (Å²) in [6, 6.07) is 20.1. The summed E-state index contributed by atoms with van der Waals surface area (Å²) in [6.07, 6.45) is 0.158. The summed E-state index contributed by atoms with van der Waals surface area (Å²) in [4.78, 5) is 0. The molecule has 1 fully saturated rings. The van der Waals surface area contributed by atoms with E-state index in [1.807, 2.05) is 48.5 Å². The Morgan fingerprint density at radius 3 is 1.88 bits per heavy atom. The van der Waals surface area contributed by atoms with Gasteiger partial charge in [0.2, 0.25) is 0 Å². The van der Waals surface area contributed by atoms with Gasteiger partial charge in [0.05, 0.1) is 31.5 Å². The highest BCUT2D eigenvalue weighted by atomic mass is 16.5. The first-order valence-corrected chi connectivity index (χ1v) is 8.78. The molecule has 0 spiro atoms. The van der Waals surface area contributed by atoms with Crippen molar-refractivity contribution in [2.24, 2.45) is 0 Å². The van der Waals surface area contributed by atoms with Gasteiger partial charge < -0.3 is 19.3 Å². The SMILES string of the molecule is CO[C@@H]1C[C@H](OCc2ccccc2)C[C@@H](OCc2ccccc2)[C@H]1O. The Morgan fingerprint density at radius 2 is 1.32 bits per heavy atom. The number of aliphatic hydroxyl groups is 1. The van der Waals surface area contributed by atoms with E-state index < -0.39 is 6.10 Å². The summed E-state index contributed by atoms with van der Waals surface area (Å²) in [5, 5.41) is 10.5. The lowest BCUT2D eigenvalue weighted by Gasteiger charge is -2.38. The van der Waals surface area contributed by atoms with Gasteiger partial charge in [-0.2, -0.15) is 0 Å². The minimum Gasteiger partial charge on any atom is -0.388 e. The van der Waals surface area contributed by atoms with Gasteiger partial charge >= 0.3 is 0 Å². The average molecular weight is 342 g/mol. The van der Waals surface area contributed by atoms with E-state index in [-0.39, 0.29) is 18.3 Å². The molecule has 1 saturated carbocycles. The zero-order valence-corrected chi connectivity index (χ0v) is 14.6. The predicted molar refractivity (Wildman–Crippen MR) is 96.1 cm³/mol. The highest BCUT2D eigenvalue weighted by Crippen LogP contribution is 2.28. The topological polar surface area (TPSA) is 47.9 Å². The van der Waals surface area contributed by atoms with Gasteiger partial charge in [-0.25, -0.2) is 0 Å². The fourth-order valence-electron chi connectivity index (χ4n) is 3.24. The molecule has 1 N–H and O–H groups in total. The molecule has 4 atom stereocenters. The highest BCUT2D eigenvalue weighted by Gasteiger charge is 2.38. The molecular weight excluding hydrogens is 316 g/mol. The van der Waals surface area contributed by atoms with Gasteiger partial charge in [-0.05, 0) is 11.1 Å². The Bertz CT molecular complexity index is 616. The molecule has 0 aliphatic heterocycles. The van der Waals surface area contributed by atoms with E-state index in [2.05, 4.69) is 12.1 Å². The van der Waals surface area contributed by atoms with Crippen molar-refractivity contribution >= 4 is 0 Å². The van der Waals surface area contributed by atoms with E-state index in [0.29, 0.717) is 26.1 Å². The predicted octanol–water partition coefficient (Wildman–Crippen LogP) is 3.33. The van der Waals surface area contributed by atoms with Crippen LogP contribution in [0.5, 0.6) is 0 Å². The Kier molecular flexibility index (Phi) is 6.59.